The van der Waals surface area contributed by atoms with Crippen LogP contribution in [0.1, 0.15) is 33.1 Å². The number of hydrogen-bond donors (Lipinski definition) is 2. The summed E-state index contributed by atoms with van der Waals surface area (Å²) in [5.41, 5.74) is 1.22. The number of carbonyl (C=O) groups excluding carboxylic acids is 2. The highest BCUT2D eigenvalue weighted by molar-refractivity contribution is 6.00. The molecular weight excluding hydrogens is 192 g/mol. The van der Waals surface area contributed by atoms with Crippen LogP contribution < -0.4 is 10.6 Å². The van der Waals surface area contributed by atoms with Gasteiger partial charge in [-0.2, -0.15) is 0 Å². The van der Waals surface area contributed by atoms with E-state index in [1.165, 1.54) is 5.57 Å². The van der Waals surface area contributed by atoms with Crippen LogP contribution in [0.4, 0.5) is 0 Å². The first-order valence-electron chi connectivity index (χ1n) is 5.36. The van der Waals surface area contributed by atoms with Gasteiger partial charge in [-0.3, -0.25) is 14.9 Å². The molecule has 0 aliphatic carbocycles. The first-order valence-corrected chi connectivity index (χ1v) is 5.36. The highest BCUT2D eigenvalue weighted by Crippen LogP contribution is 2.04. The fourth-order valence-corrected chi connectivity index (χ4v) is 1.59. The van der Waals surface area contributed by atoms with Gasteiger partial charge in [-0.05, 0) is 19.8 Å². The number of rotatable bonds is 4. The molecule has 4 heteroatoms. The standard InChI is InChI=1S/C11H18N2O2/c1-3-4-8(2)7-12-9-5-6-10(14)13-11(9)15/h4,9,12H,3,5-7H2,1-2H3,(H,13,14,15)/b8-4+. The molecule has 1 atom stereocenters. The lowest BCUT2D eigenvalue weighted by Gasteiger charge is -2.21. The van der Waals surface area contributed by atoms with Crippen LogP contribution in [0.25, 0.3) is 0 Å². The van der Waals surface area contributed by atoms with Crippen LogP contribution in [0.3, 0.4) is 0 Å². The van der Waals surface area contributed by atoms with Crippen molar-refractivity contribution in [1.29, 1.82) is 0 Å². The maximum absolute atomic E-state index is 11.4. The van der Waals surface area contributed by atoms with E-state index in [9.17, 15) is 9.59 Å². The molecule has 1 fully saturated rings. The maximum atomic E-state index is 11.4. The lowest BCUT2D eigenvalue weighted by molar-refractivity contribution is -0.134. The summed E-state index contributed by atoms with van der Waals surface area (Å²) in [6.07, 6.45) is 4.16. The molecule has 1 rings (SSSR count). The fraction of sp³-hybridized carbons (Fsp3) is 0.636. The van der Waals surface area contributed by atoms with E-state index in [0.29, 0.717) is 19.4 Å². The first kappa shape index (κ1) is 11.9. The molecule has 1 saturated heterocycles. The predicted octanol–water partition coefficient (Wildman–Crippen LogP) is 0.737. The third-order valence-corrected chi connectivity index (χ3v) is 2.42. The first-order chi connectivity index (χ1) is 7.13. The van der Waals surface area contributed by atoms with Gasteiger partial charge in [-0.1, -0.05) is 18.6 Å². The number of piperidine rings is 1. The Morgan fingerprint density at radius 3 is 2.93 bits per heavy atom. The Morgan fingerprint density at radius 1 is 1.60 bits per heavy atom. The van der Waals surface area contributed by atoms with E-state index in [1.807, 2.05) is 6.92 Å². The Bertz CT molecular complexity index is 284. The number of allylic oxidation sites excluding steroid dienone is 1. The summed E-state index contributed by atoms with van der Waals surface area (Å²) in [5.74, 6) is -0.366. The van der Waals surface area contributed by atoms with Crippen LogP contribution in [0.5, 0.6) is 0 Å². The monoisotopic (exact) mass is 210 g/mol. The molecule has 2 amide bonds. The molecule has 0 saturated carbocycles. The number of hydrogen-bond acceptors (Lipinski definition) is 3. The minimum Gasteiger partial charge on any atom is -0.302 e. The summed E-state index contributed by atoms with van der Waals surface area (Å²) in [5, 5.41) is 5.47. The van der Waals surface area contributed by atoms with Crippen molar-refractivity contribution < 1.29 is 9.59 Å². The molecule has 1 heterocycles. The summed E-state index contributed by atoms with van der Waals surface area (Å²) >= 11 is 0. The van der Waals surface area contributed by atoms with Gasteiger partial charge >= 0.3 is 0 Å². The lowest BCUT2D eigenvalue weighted by atomic mass is 10.1. The molecule has 84 valence electrons. The molecule has 0 aromatic carbocycles. The van der Waals surface area contributed by atoms with Crippen LogP contribution in [0.2, 0.25) is 0 Å². The highest BCUT2D eigenvalue weighted by Gasteiger charge is 2.25. The Balaban J connectivity index is 2.36. The van der Waals surface area contributed by atoms with Crippen molar-refractivity contribution in [2.75, 3.05) is 6.54 Å². The zero-order valence-electron chi connectivity index (χ0n) is 9.30. The van der Waals surface area contributed by atoms with Crippen LogP contribution >= 0.6 is 0 Å². The molecule has 1 aliphatic rings. The molecule has 2 N–H and O–H groups in total. The van der Waals surface area contributed by atoms with Gasteiger partial charge in [-0.25, -0.2) is 0 Å². The molecule has 0 aromatic heterocycles. The SMILES string of the molecule is CC/C=C(\C)CNC1CCC(=O)NC1=O. The van der Waals surface area contributed by atoms with E-state index in [2.05, 4.69) is 23.6 Å². The van der Waals surface area contributed by atoms with Gasteiger partial charge in [0.25, 0.3) is 0 Å². The summed E-state index contributed by atoms with van der Waals surface area (Å²) < 4.78 is 0. The molecular formula is C11H18N2O2. The maximum Gasteiger partial charge on any atom is 0.243 e. The minimum atomic E-state index is -0.220. The van der Waals surface area contributed by atoms with Gasteiger partial charge in [0.05, 0.1) is 6.04 Å². The largest absolute Gasteiger partial charge is 0.302 e. The van der Waals surface area contributed by atoms with Crippen molar-refractivity contribution >= 4 is 11.8 Å². The average Bonchev–Trinajstić information content (AvgIpc) is 2.17. The summed E-state index contributed by atoms with van der Waals surface area (Å²) in [7, 11) is 0. The van der Waals surface area contributed by atoms with Crippen LogP contribution in [-0.2, 0) is 9.59 Å². The van der Waals surface area contributed by atoms with E-state index in [1.54, 1.807) is 0 Å². The zero-order valence-corrected chi connectivity index (χ0v) is 9.30. The quantitative estimate of drug-likeness (QED) is 0.531. The number of nitrogens with one attached hydrogen (secondary N) is 2. The third-order valence-electron chi connectivity index (χ3n) is 2.42. The van der Waals surface area contributed by atoms with Gasteiger partial charge in [0.15, 0.2) is 0 Å². The van der Waals surface area contributed by atoms with E-state index < -0.39 is 0 Å². The summed E-state index contributed by atoms with van der Waals surface area (Å²) in [6.45, 7) is 4.82. The minimum absolute atomic E-state index is 0.168. The molecule has 0 bridgehead atoms. The Hall–Kier alpha value is -1.16. The van der Waals surface area contributed by atoms with Crippen molar-refractivity contribution in [3.8, 4) is 0 Å². The second-order valence-corrected chi connectivity index (χ2v) is 3.84. The molecule has 0 aromatic rings. The van der Waals surface area contributed by atoms with Gasteiger partial charge in [0.1, 0.15) is 0 Å². The van der Waals surface area contributed by atoms with Crippen LogP contribution in [-0.4, -0.2) is 24.4 Å². The van der Waals surface area contributed by atoms with Crippen molar-refractivity contribution in [2.45, 2.75) is 39.2 Å². The summed E-state index contributed by atoms with van der Waals surface area (Å²) in [6, 6.07) is -0.220. The Kier molecular flexibility index (Phi) is 4.49. The zero-order chi connectivity index (χ0) is 11.3. The highest BCUT2D eigenvalue weighted by atomic mass is 16.2. The van der Waals surface area contributed by atoms with Crippen LogP contribution in [0, 0.1) is 0 Å². The van der Waals surface area contributed by atoms with Crippen molar-refractivity contribution in [2.24, 2.45) is 0 Å². The van der Waals surface area contributed by atoms with Gasteiger partial charge < -0.3 is 5.32 Å². The van der Waals surface area contributed by atoms with Crippen LogP contribution in [0.15, 0.2) is 11.6 Å². The number of imide groups is 1. The van der Waals surface area contributed by atoms with E-state index in [-0.39, 0.29) is 17.9 Å². The second kappa shape index (κ2) is 5.66. The number of carbonyl (C=O) groups is 2. The Morgan fingerprint density at radius 2 is 2.33 bits per heavy atom. The average molecular weight is 210 g/mol. The summed E-state index contributed by atoms with van der Waals surface area (Å²) in [4.78, 5) is 22.2. The smallest absolute Gasteiger partial charge is 0.243 e. The Labute approximate surface area is 90.1 Å². The second-order valence-electron chi connectivity index (χ2n) is 3.84. The fourth-order valence-electron chi connectivity index (χ4n) is 1.59. The molecule has 0 radical (unpaired) electrons. The number of amides is 2. The van der Waals surface area contributed by atoms with Crippen molar-refractivity contribution in [3.63, 3.8) is 0 Å². The molecule has 1 unspecified atom stereocenters. The van der Waals surface area contributed by atoms with Crippen molar-refractivity contribution in [1.82, 2.24) is 10.6 Å². The molecule has 4 nitrogen and oxygen atoms in total. The molecule has 0 spiro atoms. The molecule has 15 heavy (non-hydrogen) atoms. The van der Waals surface area contributed by atoms with E-state index >= 15 is 0 Å². The van der Waals surface area contributed by atoms with E-state index in [4.69, 9.17) is 0 Å². The normalized spacial score (nSPS) is 22.8. The molecule has 1 aliphatic heterocycles. The van der Waals surface area contributed by atoms with Gasteiger partial charge in [-0.15, -0.1) is 0 Å². The lowest BCUT2D eigenvalue weighted by Crippen LogP contribution is -2.50. The van der Waals surface area contributed by atoms with Gasteiger partial charge in [0, 0.05) is 13.0 Å². The topological polar surface area (TPSA) is 58.2 Å². The van der Waals surface area contributed by atoms with Gasteiger partial charge in [0.2, 0.25) is 11.8 Å². The van der Waals surface area contributed by atoms with E-state index in [0.717, 1.165) is 6.42 Å². The predicted molar refractivity (Wildman–Crippen MR) is 58.2 cm³/mol. The van der Waals surface area contributed by atoms with Crippen molar-refractivity contribution in [3.05, 3.63) is 11.6 Å². The third kappa shape index (κ3) is 3.83.